The number of carbonyl (C=O) groups is 1. The van der Waals surface area contributed by atoms with Crippen molar-refractivity contribution in [3.63, 3.8) is 0 Å². The first-order valence-corrected chi connectivity index (χ1v) is 11.3. The number of carboxylic acid groups (broad SMARTS) is 1. The number of carboxylic acids is 1. The standard InChI is InChI=1S/C21H23BrN2O4S/c1-13-9-15(22)12-17(10-13)29(27,28)24(19(20(25)26)21(2,3)4)16-5-6-18-14(11-16)7-8-23-18/h5-12,19,23H,1-4H3,(H,25,26). The van der Waals surface area contributed by atoms with Crippen LogP contribution >= 0.6 is 15.9 Å². The Hall–Kier alpha value is -2.32. The molecule has 0 fully saturated rings. The van der Waals surface area contributed by atoms with Gasteiger partial charge in [0.15, 0.2) is 0 Å². The topological polar surface area (TPSA) is 90.5 Å². The van der Waals surface area contributed by atoms with Gasteiger partial charge in [-0.05, 0) is 60.4 Å². The molecule has 0 aliphatic carbocycles. The number of nitrogens with one attached hydrogen (secondary N) is 1. The lowest BCUT2D eigenvalue weighted by Gasteiger charge is -2.37. The fourth-order valence-electron chi connectivity index (χ4n) is 3.39. The first-order chi connectivity index (χ1) is 13.4. The van der Waals surface area contributed by atoms with Crippen LogP contribution in [0, 0.1) is 12.3 Å². The van der Waals surface area contributed by atoms with Crippen LogP contribution in [-0.4, -0.2) is 30.5 Å². The van der Waals surface area contributed by atoms with Gasteiger partial charge in [-0.15, -0.1) is 0 Å². The highest BCUT2D eigenvalue weighted by Crippen LogP contribution is 2.36. The van der Waals surface area contributed by atoms with Crippen LogP contribution < -0.4 is 4.31 Å². The number of aromatic amines is 1. The summed E-state index contributed by atoms with van der Waals surface area (Å²) in [4.78, 5) is 15.4. The third-order valence-corrected chi connectivity index (χ3v) is 6.88. The number of anilines is 1. The van der Waals surface area contributed by atoms with Crippen LogP contribution in [0.25, 0.3) is 10.9 Å². The van der Waals surface area contributed by atoms with Crippen LogP contribution in [-0.2, 0) is 14.8 Å². The first-order valence-electron chi connectivity index (χ1n) is 9.03. The van der Waals surface area contributed by atoms with Crippen molar-refractivity contribution in [1.29, 1.82) is 0 Å². The number of hydrogen-bond acceptors (Lipinski definition) is 3. The number of nitrogens with zero attached hydrogens (tertiary/aromatic N) is 1. The van der Waals surface area contributed by atoms with Gasteiger partial charge in [-0.2, -0.15) is 0 Å². The minimum absolute atomic E-state index is 0.0361. The van der Waals surface area contributed by atoms with E-state index in [1.807, 2.05) is 6.07 Å². The SMILES string of the molecule is Cc1cc(Br)cc(S(=O)(=O)N(c2ccc3[nH]ccc3c2)C(C(=O)O)C(C)(C)C)c1. The molecule has 29 heavy (non-hydrogen) atoms. The molecule has 154 valence electrons. The summed E-state index contributed by atoms with van der Waals surface area (Å²) < 4.78 is 29.1. The molecule has 0 amide bonds. The summed E-state index contributed by atoms with van der Waals surface area (Å²) in [5.74, 6) is -1.21. The molecule has 0 radical (unpaired) electrons. The maximum atomic E-state index is 13.7. The minimum atomic E-state index is -4.17. The molecule has 3 aromatic rings. The lowest BCUT2D eigenvalue weighted by molar-refractivity contribution is -0.140. The zero-order valence-corrected chi connectivity index (χ0v) is 19.0. The molecule has 1 unspecified atom stereocenters. The van der Waals surface area contributed by atoms with Crippen LogP contribution in [0.1, 0.15) is 26.3 Å². The molecule has 1 aromatic heterocycles. The number of sulfonamides is 1. The molecule has 0 aliphatic heterocycles. The molecule has 0 saturated heterocycles. The van der Waals surface area contributed by atoms with Gasteiger partial charge in [-0.1, -0.05) is 36.7 Å². The zero-order valence-electron chi connectivity index (χ0n) is 16.6. The van der Waals surface area contributed by atoms with Gasteiger partial charge < -0.3 is 10.1 Å². The number of aryl methyl sites for hydroxylation is 1. The van der Waals surface area contributed by atoms with Crippen molar-refractivity contribution in [3.05, 3.63) is 58.7 Å². The lowest BCUT2D eigenvalue weighted by atomic mass is 9.86. The first kappa shape index (κ1) is 21.4. The van der Waals surface area contributed by atoms with E-state index in [4.69, 9.17) is 0 Å². The van der Waals surface area contributed by atoms with Gasteiger partial charge in [0.25, 0.3) is 10.0 Å². The Labute approximate surface area is 178 Å². The molecule has 0 spiro atoms. The number of aromatic nitrogens is 1. The molecule has 1 atom stereocenters. The van der Waals surface area contributed by atoms with Crippen LogP contribution in [0.15, 0.2) is 58.0 Å². The molecule has 8 heteroatoms. The number of hydrogen-bond donors (Lipinski definition) is 2. The maximum Gasteiger partial charge on any atom is 0.328 e. The second-order valence-corrected chi connectivity index (χ2v) is 10.9. The maximum absolute atomic E-state index is 13.7. The smallest absolute Gasteiger partial charge is 0.328 e. The Morgan fingerprint density at radius 1 is 1.14 bits per heavy atom. The summed E-state index contributed by atoms with van der Waals surface area (Å²) in [7, 11) is -4.17. The van der Waals surface area contributed by atoms with E-state index in [2.05, 4.69) is 20.9 Å². The Morgan fingerprint density at radius 3 is 2.41 bits per heavy atom. The van der Waals surface area contributed by atoms with Crippen molar-refractivity contribution in [1.82, 2.24) is 4.98 Å². The van der Waals surface area contributed by atoms with Crippen molar-refractivity contribution in [3.8, 4) is 0 Å². The molecule has 0 saturated carbocycles. The van der Waals surface area contributed by atoms with E-state index in [0.717, 1.165) is 20.8 Å². The molecule has 1 heterocycles. The van der Waals surface area contributed by atoms with E-state index < -0.39 is 27.4 Å². The number of fused-ring (bicyclic) bond motifs is 1. The van der Waals surface area contributed by atoms with Gasteiger partial charge in [0, 0.05) is 21.6 Å². The van der Waals surface area contributed by atoms with Crippen molar-refractivity contribution in [2.75, 3.05) is 4.31 Å². The molecule has 2 N–H and O–H groups in total. The molecule has 3 rings (SSSR count). The highest BCUT2D eigenvalue weighted by atomic mass is 79.9. The van der Waals surface area contributed by atoms with Gasteiger partial charge in [-0.25, -0.2) is 13.2 Å². The number of halogens is 1. The van der Waals surface area contributed by atoms with Gasteiger partial charge in [-0.3, -0.25) is 4.31 Å². The molecule has 2 aromatic carbocycles. The van der Waals surface area contributed by atoms with E-state index in [9.17, 15) is 18.3 Å². The predicted octanol–water partition coefficient (Wildman–Crippen LogP) is 4.93. The van der Waals surface area contributed by atoms with E-state index in [-0.39, 0.29) is 4.90 Å². The van der Waals surface area contributed by atoms with E-state index in [1.165, 1.54) is 6.07 Å². The highest BCUT2D eigenvalue weighted by Gasteiger charge is 2.43. The molecule has 6 nitrogen and oxygen atoms in total. The molecule has 0 aliphatic rings. The molecular formula is C21H23BrN2O4S. The van der Waals surface area contributed by atoms with E-state index in [1.54, 1.807) is 64.2 Å². The van der Waals surface area contributed by atoms with Crippen LogP contribution in [0.4, 0.5) is 5.69 Å². The fourth-order valence-corrected chi connectivity index (χ4v) is 6.06. The summed E-state index contributed by atoms with van der Waals surface area (Å²) in [6, 6.07) is 10.4. The van der Waals surface area contributed by atoms with E-state index >= 15 is 0 Å². The van der Waals surface area contributed by atoms with Gasteiger partial charge in [0.2, 0.25) is 0 Å². The van der Waals surface area contributed by atoms with Crippen molar-refractivity contribution < 1.29 is 18.3 Å². The molecule has 0 bridgehead atoms. The van der Waals surface area contributed by atoms with Crippen molar-refractivity contribution >= 4 is 48.5 Å². The van der Waals surface area contributed by atoms with Gasteiger partial charge >= 0.3 is 5.97 Å². The Kier molecular flexibility index (Phi) is 5.53. The minimum Gasteiger partial charge on any atom is -0.480 e. The van der Waals surface area contributed by atoms with Crippen LogP contribution in [0.2, 0.25) is 0 Å². The summed E-state index contributed by atoms with van der Waals surface area (Å²) >= 11 is 3.34. The van der Waals surface area contributed by atoms with Crippen LogP contribution in [0.3, 0.4) is 0 Å². The quantitative estimate of drug-likeness (QED) is 0.543. The highest BCUT2D eigenvalue weighted by molar-refractivity contribution is 9.10. The Morgan fingerprint density at radius 2 is 1.83 bits per heavy atom. The zero-order chi connectivity index (χ0) is 21.6. The second-order valence-electron chi connectivity index (χ2n) is 8.12. The van der Waals surface area contributed by atoms with Gasteiger partial charge in [0.1, 0.15) is 6.04 Å². The van der Waals surface area contributed by atoms with Crippen LogP contribution in [0.5, 0.6) is 0 Å². The lowest BCUT2D eigenvalue weighted by Crippen LogP contribution is -2.52. The second kappa shape index (κ2) is 7.50. The third-order valence-electron chi connectivity index (χ3n) is 4.65. The number of benzene rings is 2. The summed E-state index contributed by atoms with van der Waals surface area (Å²) in [6.45, 7) is 6.94. The third kappa shape index (κ3) is 4.18. The summed E-state index contributed by atoms with van der Waals surface area (Å²) in [5.41, 5.74) is 1.04. The van der Waals surface area contributed by atoms with Crippen molar-refractivity contribution in [2.45, 2.75) is 38.6 Å². The Bertz CT molecular complexity index is 1160. The predicted molar refractivity (Wildman–Crippen MR) is 118 cm³/mol. The average molecular weight is 479 g/mol. The monoisotopic (exact) mass is 478 g/mol. The normalized spacial score (nSPS) is 13.4. The van der Waals surface area contributed by atoms with Gasteiger partial charge in [0.05, 0.1) is 10.6 Å². The average Bonchev–Trinajstić information content (AvgIpc) is 3.04. The summed E-state index contributed by atoms with van der Waals surface area (Å²) in [5, 5.41) is 10.8. The number of aliphatic carboxylic acids is 1. The van der Waals surface area contributed by atoms with Crippen molar-refractivity contribution in [2.24, 2.45) is 5.41 Å². The number of H-pyrrole nitrogens is 1. The van der Waals surface area contributed by atoms with E-state index in [0.29, 0.717) is 10.2 Å². The fraction of sp³-hybridized carbons (Fsp3) is 0.286. The largest absolute Gasteiger partial charge is 0.480 e. The number of rotatable bonds is 5. The summed E-state index contributed by atoms with van der Waals surface area (Å²) in [6.07, 6.45) is 1.75. The Balaban J connectivity index is 2.30. The molecular weight excluding hydrogens is 456 g/mol.